The zero-order valence-corrected chi connectivity index (χ0v) is 11.8. The molecule has 0 bridgehead atoms. The summed E-state index contributed by atoms with van der Waals surface area (Å²) in [5, 5.41) is 0.0540. The first-order valence-corrected chi connectivity index (χ1v) is 6.60. The fourth-order valence-corrected chi connectivity index (χ4v) is 2.21. The zero-order valence-electron chi connectivity index (χ0n) is 11.8. The molecule has 0 aliphatic rings. The van der Waals surface area contributed by atoms with E-state index in [0.29, 0.717) is 6.07 Å². The van der Waals surface area contributed by atoms with Crippen LogP contribution in [0.15, 0.2) is 29.2 Å². The van der Waals surface area contributed by atoms with Crippen molar-refractivity contribution in [3.05, 3.63) is 46.0 Å². The maximum absolute atomic E-state index is 12.9. The van der Waals surface area contributed by atoms with Crippen molar-refractivity contribution < 1.29 is 22.7 Å². The Labute approximate surface area is 126 Å². The number of nitrogens with one attached hydrogen (secondary N) is 1. The molecule has 6 nitrogen and oxygen atoms in total. The monoisotopic (exact) mass is 325 g/mol. The molecule has 3 rings (SSSR count). The van der Waals surface area contributed by atoms with Gasteiger partial charge in [0.2, 0.25) is 0 Å². The van der Waals surface area contributed by atoms with Gasteiger partial charge in [-0.3, -0.25) is 9.20 Å². The molecule has 9 heteroatoms. The van der Waals surface area contributed by atoms with E-state index in [4.69, 9.17) is 4.74 Å². The number of hydrogen-bond acceptors (Lipinski definition) is 4. The summed E-state index contributed by atoms with van der Waals surface area (Å²) in [5.41, 5.74) is -1.88. The van der Waals surface area contributed by atoms with Crippen molar-refractivity contribution in [2.24, 2.45) is 0 Å². The number of halogens is 3. The molecule has 0 spiro atoms. The molecule has 0 radical (unpaired) electrons. The molecule has 0 fully saturated rings. The van der Waals surface area contributed by atoms with Crippen LogP contribution in [0.25, 0.3) is 16.7 Å². The summed E-state index contributed by atoms with van der Waals surface area (Å²) >= 11 is 0. The molecular weight excluding hydrogens is 315 g/mol. The summed E-state index contributed by atoms with van der Waals surface area (Å²) in [4.78, 5) is 29.7. The Bertz CT molecular complexity index is 972. The standard InChI is InChI=1S/C14H10F3N3O3/c1-2-23-13(22)8-6-20-11(18-8)4-3-7-9(21)5-10(14(15,16)17)19-12(7)20/h3-6H,2H2,1H3,(H,19,21). The summed E-state index contributed by atoms with van der Waals surface area (Å²) in [5.74, 6) is -0.696. The Hall–Kier alpha value is -2.84. The highest BCUT2D eigenvalue weighted by Crippen LogP contribution is 2.27. The largest absolute Gasteiger partial charge is 0.461 e. The van der Waals surface area contributed by atoms with Crippen molar-refractivity contribution >= 4 is 22.6 Å². The molecular formula is C14H10F3N3O3. The third-order valence-corrected chi connectivity index (χ3v) is 3.21. The first kappa shape index (κ1) is 15.1. The number of H-pyrrole nitrogens is 1. The molecule has 0 amide bonds. The van der Waals surface area contributed by atoms with Gasteiger partial charge in [0.1, 0.15) is 17.0 Å². The molecule has 0 unspecified atom stereocenters. The number of imidazole rings is 1. The quantitative estimate of drug-likeness (QED) is 0.734. The van der Waals surface area contributed by atoms with Gasteiger partial charge in [0.15, 0.2) is 11.1 Å². The van der Waals surface area contributed by atoms with Crippen molar-refractivity contribution in [1.82, 2.24) is 14.4 Å². The van der Waals surface area contributed by atoms with Crippen molar-refractivity contribution in [3.63, 3.8) is 0 Å². The molecule has 0 saturated heterocycles. The predicted molar refractivity (Wildman–Crippen MR) is 74.3 cm³/mol. The zero-order chi connectivity index (χ0) is 16.8. The van der Waals surface area contributed by atoms with Crippen molar-refractivity contribution in [2.75, 3.05) is 6.61 Å². The van der Waals surface area contributed by atoms with Crippen LogP contribution in [-0.4, -0.2) is 26.9 Å². The van der Waals surface area contributed by atoms with Gasteiger partial charge in [-0.05, 0) is 19.1 Å². The van der Waals surface area contributed by atoms with Crippen LogP contribution in [0.5, 0.6) is 0 Å². The van der Waals surface area contributed by atoms with Crippen LogP contribution in [0.2, 0.25) is 0 Å². The summed E-state index contributed by atoms with van der Waals surface area (Å²) < 4.78 is 44.6. The molecule has 0 aliphatic heterocycles. The Morgan fingerprint density at radius 1 is 1.39 bits per heavy atom. The number of esters is 1. The molecule has 3 aromatic heterocycles. The number of carbonyl (C=O) groups is 1. The van der Waals surface area contributed by atoms with Crippen LogP contribution in [0.4, 0.5) is 13.2 Å². The van der Waals surface area contributed by atoms with Crippen molar-refractivity contribution in [3.8, 4) is 0 Å². The van der Waals surface area contributed by atoms with Crippen LogP contribution < -0.4 is 5.43 Å². The van der Waals surface area contributed by atoms with E-state index < -0.39 is 23.3 Å². The topological polar surface area (TPSA) is 76.5 Å². The van der Waals surface area contributed by atoms with Gasteiger partial charge in [0.25, 0.3) is 0 Å². The molecule has 1 N–H and O–H groups in total. The third kappa shape index (κ3) is 2.54. The highest BCUT2D eigenvalue weighted by molar-refractivity contribution is 5.89. The second-order valence-electron chi connectivity index (χ2n) is 4.72. The number of carbonyl (C=O) groups excluding carboxylic acids is 1. The lowest BCUT2D eigenvalue weighted by molar-refractivity contribution is -0.141. The number of nitrogens with zero attached hydrogens (tertiary/aromatic N) is 2. The van der Waals surface area contributed by atoms with Gasteiger partial charge in [0.05, 0.1) is 12.0 Å². The normalized spacial score (nSPS) is 12.0. The number of pyridine rings is 2. The van der Waals surface area contributed by atoms with E-state index in [-0.39, 0.29) is 29.0 Å². The second kappa shape index (κ2) is 5.11. The minimum atomic E-state index is -4.69. The maximum atomic E-state index is 12.9. The molecule has 0 aromatic carbocycles. The average molecular weight is 325 g/mol. The number of ether oxygens (including phenoxy) is 1. The Kier molecular flexibility index (Phi) is 3.35. The lowest BCUT2D eigenvalue weighted by atomic mass is 10.2. The summed E-state index contributed by atoms with van der Waals surface area (Å²) in [6, 6.07) is 3.29. The SMILES string of the molecule is CCOC(=O)c1cn2c(ccc3c(=O)cc(C(F)(F)F)[nH]c32)n1. The van der Waals surface area contributed by atoms with E-state index in [1.807, 2.05) is 0 Å². The molecule has 3 aromatic rings. The lowest BCUT2D eigenvalue weighted by Gasteiger charge is -2.08. The van der Waals surface area contributed by atoms with E-state index in [9.17, 15) is 22.8 Å². The average Bonchev–Trinajstić information content (AvgIpc) is 2.91. The smallest absolute Gasteiger partial charge is 0.431 e. The Morgan fingerprint density at radius 3 is 2.78 bits per heavy atom. The van der Waals surface area contributed by atoms with Crippen LogP contribution in [0.1, 0.15) is 23.1 Å². The Morgan fingerprint density at radius 2 is 2.13 bits per heavy atom. The van der Waals surface area contributed by atoms with Gasteiger partial charge in [0, 0.05) is 12.3 Å². The molecule has 23 heavy (non-hydrogen) atoms. The Balaban J connectivity index is 2.31. The summed E-state index contributed by atoms with van der Waals surface area (Å²) in [6.07, 6.45) is -3.47. The maximum Gasteiger partial charge on any atom is 0.431 e. The number of fused-ring (bicyclic) bond motifs is 3. The minimum Gasteiger partial charge on any atom is -0.461 e. The third-order valence-electron chi connectivity index (χ3n) is 3.21. The van der Waals surface area contributed by atoms with Crippen molar-refractivity contribution in [1.29, 1.82) is 0 Å². The van der Waals surface area contributed by atoms with E-state index in [0.717, 1.165) is 0 Å². The van der Waals surface area contributed by atoms with E-state index in [2.05, 4.69) is 9.97 Å². The fraction of sp³-hybridized carbons (Fsp3) is 0.214. The molecule has 0 saturated carbocycles. The molecule has 0 atom stereocenters. The predicted octanol–water partition coefficient (Wildman–Crippen LogP) is 2.37. The summed E-state index contributed by atoms with van der Waals surface area (Å²) in [7, 11) is 0. The fourth-order valence-electron chi connectivity index (χ4n) is 2.21. The van der Waals surface area contributed by atoms with Gasteiger partial charge in [-0.15, -0.1) is 0 Å². The highest BCUT2D eigenvalue weighted by atomic mass is 19.4. The molecule has 0 aliphatic carbocycles. The van der Waals surface area contributed by atoms with Crippen molar-refractivity contribution in [2.45, 2.75) is 13.1 Å². The van der Waals surface area contributed by atoms with E-state index in [1.165, 1.54) is 22.7 Å². The van der Waals surface area contributed by atoms with E-state index in [1.54, 1.807) is 6.92 Å². The minimum absolute atomic E-state index is 0.0540. The van der Waals surface area contributed by atoms with E-state index >= 15 is 0 Å². The van der Waals surface area contributed by atoms with Gasteiger partial charge in [-0.25, -0.2) is 9.78 Å². The number of rotatable bonds is 2. The van der Waals surface area contributed by atoms with Gasteiger partial charge < -0.3 is 9.72 Å². The number of hydrogen-bond donors (Lipinski definition) is 1. The highest BCUT2D eigenvalue weighted by Gasteiger charge is 2.32. The second-order valence-corrected chi connectivity index (χ2v) is 4.72. The number of alkyl halides is 3. The van der Waals surface area contributed by atoms with Crippen LogP contribution >= 0.6 is 0 Å². The van der Waals surface area contributed by atoms with Gasteiger partial charge >= 0.3 is 12.1 Å². The first-order valence-electron chi connectivity index (χ1n) is 6.60. The molecule has 120 valence electrons. The number of aromatic amines is 1. The first-order chi connectivity index (χ1) is 10.8. The number of aromatic nitrogens is 3. The van der Waals surface area contributed by atoms with Gasteiger partial charge in [-0.2, -0.15) is 13.2 Å². The lowest BCUT2D eigenvalue weighted by Crippen LogP contribution is -2.15. The van der Waals surface area contributed by atoms with Crippen LogP contribution in [0, 0.1) is 0 Å². The van der Waals surface area contributed by atoms with Crippen LogP contribution in [0.3, 0.4) is 0 Å². The molecule has 3 heterocycles. The van der Waals surface area contributed by atoms with Crippen LogP contribution in [-0.2, 0) is 10.9 Å². The van der Waals surface area contributed by atoms with Gasteiger partial charge in [-0.1, -0.05) is 0 Å². The summed E-state index contributed by atoms with van der Waals surface area (Å²) in [6.45, 7) is 1.76.